The van der Waals surface area contributed by atoms with Gasteiger partial charge in [0.2, 0.25) is 10.0 Å². The summed E-state index contributed by atoms with van der Waals surface area (Å²) in [6.07, 6.45) is 1.73. The van der Waals surface area contributed by atoms with Crippen molar-refractivity contribution in [2.45, 2.75) is 50.6 Å². The van der Waals surface area contributed by atoms with Gasteiger partial charge in [-0.15, -0.1) is 0 Å². The molecule has 26 heavy (non-hydrogen) atoms. The summed E-state index contributed by atoms with van der Waals surface area (Å²) in [5.74, 6) is 0.689. The van der Waals surface area contributed by atoms with Crippen LogP contribution >= 0.6 is 0 Å². The zero-order valence-corrected chi connectivity index (χ0v) is 17.4. The highest BCUT2D eigenvalue weighted by Crippen LogP contribution is 2.27. The van der Waals surface area contributed by atoms with Crippen LogP contribution in [0.25, 0.3) is 0 Å². The second kappa shape index (κ2) is 9.17. The molecule has 1 aromatic rings. The topological polar surface area (TPSA) is 59.1 Å². The molecule has 0 atom stereocenters. The summed E-state index contributed by atoms with van der Waals surface area (Å²) < 4.78 is 38.2. The smallest absolute Gasteiger partial charge is 0.243 e. The Bertz CT molecular complexity index is 683. The molecule has 1 saturated heterocycles. The highest BCUT2D eigenvalue weighted by atomic mass is 32.2. The van der Waals surface area contributed by atoms with Crippen molar-refractivity contribution in [2.75, 3.05) is 40.5 Å². The van der Waals surface area contributed by atoms with Crippen molar-refractivity contribution >= 4 is 10.0 Å². The van der Waals surface area contributed by atoms with Crippen molar-refractivity contribution in [2.24, 2.45) is 0 Å². The van der Waals surface area contributed by atoms with Crippen molar-refractivity contribution in [3.05, 3.63) is 23.8 Å². The standard InChI is InChI=1S/C19H32N2O4S/c1-15(2)21-10-8-17(9-11-21)20(4)26(22,23)18-6-7-19(16(3)14-18)25-13-12-24-5/h6-7,14-15,17H,8-13H2,1-5H3. The minimum absolute atomic E-state index is 0.0490. The number of methoxy groups -OCH3 is 1. The lowest BCUT2D eigenvalue weighted by molar-refractivity contribution is 0.140. The number of hydrogen-bond donors (Lipinski definition) is 0. The first kappa shape index (κ1) is 21.2. The average molecular weight is 385 g/mol. The normalized spacial score (nSPS) is 17.2. The molecule has 0 N–H and O–H groups in total. The Kier molecular flexibility index (Phi) is 7.46. The number of hydrogen-bond acceptors (Lipinski definition) is 5. The maximum absolute atomic E-state index is 13.0. The van der Waals surface area contributed by atoms with Crippen molar-refractivity contribution in [3.8, 4) is 5.75 Å². The van der Waals surface area contributed by atoms with Gasteiger partial charge in [0, 0.05) is 26.2 Å². The van der Waals surface area contributed by atoms with Gasteiger partial charge in [-0.1, -0.05) is 0 Å². The van der Waals surface area contributed by atoms with E-state index in [0.29, 0.717) is 29.9 Å². The Morgan fingerprint density at radius 2 is 1.88 bits per heavy atom. The Hall–Kier alpha value is -1.15. The molecule has 6 nitrogen and oxygen atoms in total. The predicted molar refractivity (Wildman–Crippen MR) is 103 cm³/mol. The van der Waals surface area contributed by atoms with E-state index < -0.39 is 10.0 Å². The number of benzene rings is 1. The highest BCUT2D eigenvalue weighted by Gasteiger charge is 2.31. The summed E-state index contributed by atoms with van der Waals surface area (Å²) in [4.78, 5) is 2.72. The molecule has 1 fully saturated rings. The molecule has 7 heteroatoms. The van der Waals surface area contributed by atoms with Gasteiger partial charge in [0.05, 0.1) is 11.5 Å². The first-order valence-corrected chi connectivity index (χ1v) is 10.7. The maximum Gasteiger partial charge on any atom is 0.243 e. The van der Waals surface area contributed by atoms with Crippen molar-refractivity contribution < 1.29 is 17.9 Å². The van der Waals surface area contributed by atoms with Crippen LogP contribution in [0.15, 0.2) is 23.1 Å². The second-order valence-corrected chi connectivity index (χ2v) is 9.15. The van der Waals surface area contributed by atoms with Crippen LogP contribution in [0, 0.1) is 6.92 Å². The molecule has 0 amide bonds. The van der Waals surface area contributed by atoms with Crippen LogP contribution in [-0.4, -0.2) is 70.2 Å². The zero-order chi connectivity index (χ0) is 19.3. The van der Waals surface area contributed by atoms with E-state index in [1.807, 2.05) is 6.92 Å². The molecule has 1 heterocycles. The van der Waals surface area contributed by atoms with Crippen LogP contribution in [-0.2, 0) is 14.8 Å². The fourth-order valence-corrected chi connectivity index (χ4v) is 4.81. The van der Waals surface area contributed by atoms with Crippen LogP contribution in [0.5, 0.6) is 5.75 Å². The quantitative estimate of drug-likeness (QED) is 0.645. The Morgan fingerprint density at radius 1 is 1.23 bits per heavy atom. The first-order valence-electron chi connectivity index (χ1n) is 9.22. The number of rotatable bonds is 8. The minimum Gasteiger partial charge on any atom is -0.491 e. The largest absolute Gasteiger partial charge is 0.491 e. The highest BCUT2D eigenvalue weighted by molar-refractivity contribution is 7.89. The monoisotopic (exact) mass is 384 g/mol. The summed E-state index contributed by atoms with van der Waals surface area (Å²) >= 11 is 0. The van der Waals surface area contributed by atoms with Gasteiger partial charge in [-0.2, -0.15) is 4.31 Å². The summed E-state index contributed by atoms with van der Waals surface area (Å²) in [5.41, 5.74) is 0.810. The van der Waals surface area contributed by atoms with E-state index in [4.69, 9.17) is 9.47 Å². The molecule has 2 rings (SSSR count). The van der Waals surface area contributed by atoms with Crippen LogP contribution in [0.2, 0.25) is 0 Å². The molecule has 0 saturated carbocycles. The van der Waals surface area contributed by atoms with E-state index in [1.165, 1.54) is 0 Å². The lowest BCUT2D eigenvalue weighted by Crippen LogP contribution is -2.47. The Balaban J connectivity index is 2.08. The van der Waals surface area contributed by atoms with Crippen molar-refractivity contribution in [3.63, 3.8) is 0 Å². The lowest BCUT2D eigenvalue weighted by Gasteiger charge is -2.38. The van der Waals surface area contributed by atoms with Gasteiger partial charge < -0.3 is 14.4 Å². The van der Waals surface area contributed by atoms with E-state index in [0.717, 1.165) is 31.5 Å². The number of aryl methyl sites for hydroxylation is 1. The second-order valence-electron chi connectivity index (χ2n) is 7.15. The third-order valence-electron chi connectivity index (χ3n) is 5.11. The molecule has 0 bridgehead atoms. The fraction of sp³-hybridized carbons (Fsp3) is 0.684. The number of piperidine rings is 1. The molecule has 0 radical (unpaired) electrons. The van der Waals surface area contributed by atoms with Gasteiger partial charge in [-0.25, -0.2) is 8.42 Å². The fourth-order valence-electron chi connectivity index (χ4n) is 3.31. The van der Waals surface area contributed by atoms with Crippen LogP contribution in [0.4, 0.5) is 0 Å². The van der Waals surface area contributed by atoms with Crippen LogP contribution < -0.4 is 4.74 Å². The molecule has 0 spiro atoms. The summed E-state index contributed by atoms with van der Waals surface area (Å²) in [6, 6.07) is 5.60. The van der Waals surface area contributed by atoms with Gasteiger partial charge in [-0.3, -0.25) is 0 Å². The number of nitrogens with zero attached hydrogens (tertiary/aromatic N) is 2. The molecule has 0 aliphatic carbocycles. The van der Waals surface area contributed by atoms with Gasteiger partial charge in [0.25, 0.3) is 0 Å². The first-order chi connectivity index (χ1) is 12.3. The van der Waals surface area contributed by atoms with Crippen LogP contribution in [0.3, 0.4) is 0 Å². The molecule has 0 unspecified atom stereocenters. The number of ether oxygens (including phenoxy) is 2. The van der Waals surface area contributed by atoms with Crippen molar-refractivity contribution in [1.29, 1.82) is 0 Å². The summed E-state index contributed by atoms with van der Waals surface area (Å²) in [6.45, 7) is 9.04. The van der Waals surface area contributed by atoms with E-state index in [9.17, 15) is 8.42 Å². The predicted octanol–water partition coefficient (Wildman–Crippen LogP) is 2.51. The molecule has 1 aromatic carbocycles. The maximum atomic E-state index is 13.0. The summed E-state index contributed by atoms with van der Waals surface area (Å²) in [5, 5.41) is 0. The van der Waals surface area contributed by atoms with E-state index in [2.05, 4.69) is 18.7 Å². The SMILES string of the molecule is COCCOc1ccc(S(=O)(=O)N(C)C2CCN(C(C)C)CC2)cc1C. The van der Waals surface area contributed by atoms with Crippen LogP contribution in [0.1, 0.15) is 32.3 Å². The minimum atomic E-state index is -3.51. The Labute approximate surface area is 158 Å². The third-order valence-corrected chi connectivity index (χ3v) is 7.02. The Morgan fingerprint density at radius 3 is 2.42 bits per heavy atom. The van der Waals surface area contributed by atoms with E-state index >= 15 is 0 Å². The van der Waals surface area contributed by atoms with Crippen molar-refractivity contribution in [1.82, 2.24) is 9.21 Å². The molecular formula is C19H32N2O4S. The molecular weight excluding hydrogens is 352 g/mol. The molecule has 1 aliphatic heterocycles. The van der Waals surface area contributed by atoms with Gasteiger partial charge in [-0.05, 0) is 70.5 Å². The lowest BCUT2D eigenvalue weighted by atomic mass is 10.0. The third kappa shape index (κ3) is 4.97. The van der Waals surface area contributed by atoms with Gasteiger partial charge >= 0.3 is 0 Å². The summed E-state index contributed by atoms with van der Waals surface area (Å²) in [7, 11) is -0.190. The molecule has 1 aliphatic rings. The average Bonchev–Trinajstić information content (AvgIpc) is 2.62. The molecule has 0 aromatic heterocycles. The zero-order valence-electron chi connectivity index (χ0n) is 16.6. The number of likely N-dealkylation sites (tertiary alicyclic amines) is 1. The number of sulfonamides is 1. The van der Waals surface area contributed by atoms with E-state index in [-0.39, 0.29) is 6.04 Å². The van der Waals surface area contributed by atoms with E-state index in [1.54, 1.807) is 36.7 Å². The molecule has 148 valence electrons. The van der Waals surface area contributed by atoms with Gasteiger partial charge in [0.15, 0.2) is 0 Å². The van der Waals surface area contributed by atoms with Gasteiger partial charge in [0.1, 0.15) is 12.4 Å².